The van der Waals surface area contributed by atoms with E-state index in [9.17, 15) is 18.4 Å². The van der Waals surface area contributed by atoms with Crippen LogP contribution in [0.25, 0.3) is 0 Å². The van der Waals surface area contributed by atoms with Gasteiger partial charge in [-0.2, -0.15) is 0 Å². The van der Waals surface area contributed by atoms with Gasteiger partial charge in [-0.15, -0.1) is 6.42 Å². The standard InChI is InChI=1S/C19H20F2N2O3/c1-2-17(12-5-7-26-8-6-12)22-19(25)13-9-18(24)23(11-13)14-3-4-15(20)16(21)10-14/h1,3-4,10,12-13,17H,5-9,11H2,(H,22,25)/t13-,17+/m1/s1. The molecule has 0 bridgehead atoms. The van der Waals surface area contributed by atoms with Crippen molar-refractivity contribution in [3.05, 3.63) is 29.8 Å². The molecule has 3 rings (SSSR count). The van der Waals surface area contributed by atoms with Gasteiger partial charge in [-0.25, -0.2) is 8.78 Å². The highest BCUT2D eigenvalue weighted by Crippen LogP contribution is 2.27. The number of benzene rings is 1. The monoisotopic (exact) mass is 362 g/mol. The first kappa shape index (κ1) is 18.3. The Morgan fingerprint density at radius 3 is 2.69 bits per heavy atom. The van der Waals surface area contributed by atoms with Crippen molar-refractivity contribution in [2.24, 2.45) is 11.8 Å². The maximum atomic E-state index is 13.4. The van der Waals surface area contributed by atoms with Gasteiger partial charge in [-0.3, -0.25) is 9.59 Å². The molecule has 2 heterocycles. The number of terminal acetylenes is 1. The van der Waals surface area contributed by atoms with E-state index in [0.717, 1.165) is 25.0 Å². The Balaban J connectivity index is 1.64. The number of amides is 2. The number of nitrogens with one attached hydrogen (secondary N) is 1. The van der Waals surface area contributed by atoms with Crippen molar-refractivity contribution >= 4 is 17.5 Å². The van der Waals surface area contributed by atoms with Crippen molar-refractivity contribution in [2.45, 2.75) is 25.3 Å². The second-order valence-electron chi connectivity index (χ2n) is 6.61. The van der Waals surface area contributed by atoms with E-state index in [2.05, 4.69) is 11.2 Å². The SMILES string of the molecule is C#C[C@H](NC(=O)[C@@H]1CC(=O)N(c2ccc(F)c(F)c2)C1)C1CCOCC1. The molecule has 0 spiro atoms. The van der Waals surface area contributed by atoms with Crippen molar-refractivity contribution in [2.75, 3.05) is 24.7 Å². The largest absolute Gasteiger partial charge is 0.381 e. The maximum Gasteiger partial charge on any atom is 0.227 e. The van der Waals surface area contributed by atoms with E-state index in [-0.39, 0.29) is 36.4 Å². The van der Waals surface area contributed by atoms with Crippen LogP contribution in [-0.4, -0.2) is 37.6 Å². The predicted octanol–water partition coefficient (Wildman–Crippen LogP) is 1.86. The third-order valence-electron chi connectivity index (χ3n) is 4.93. The van der Waals surface area contributed by atoms with Gasteiger partial charge in [0, 0.05) is 37.9 Å². The summed E-state index contributed by atoms with van der Waals surface area (Å²) in [7, 11) is 0. The molecule has 2 amide bonds. The summed E-state index contributed by atoms with van der Waals surface area (Å²) < 4.78 is 31.8. The molecule has 0 aliphatic carbocycles. The number of hydrogen-bond donors (Lipinski definition) is 1. The topological polar surface area (TPSA) is 58.6 Å². The van der Waals surface area contributed by atoms with Gasteiger partial charge in [-0.05, 0) is 30.9 Å². The molecular formula is C19H20F2N2O3. The van der Waals surface area contributed by atoms with Crippen LogP contribution in [0.2, 0.25) is 0 Å². The van der Waals surface area contributed by atoms with Crippen LogP contribution in [0.4, 0.5) is 14.5 Å². The van der Waals surface area contributed by atoms with E-state index in [1.165, 1.54) is 11.0 Å². The Labute approximate surface area is 150 Å². The van der Waals surface area contributed by atoms with Gasteiger partial charge in [0.05, 0.1) is 12.0 Å². The predicted molar refractivity (Wildman–Crippen MR) is 91.1 cm³/mol. The van der Waals surface area contributed by atoms with Crippen LogP contribution in [0.5, 0.6) is 0 Å². The maximum absolute atomic E-state index is 13.4. The summed E-state index contributed by atoms with van der Waals surface area (Å²) in [5.41, 5.74) is 0.238. The number of ether oxygens (including phenoxy) is 1. The number of hydrogen-bond acceptors (Lipinski definition) is 3. The van der Waals surface area contributed by atoms with Crippen molar-refractivity contribution in [1.82, 2.24) is 5.32 Å². The first-order chi connectivity index (χ1) is 12.5. The number of carbonyl (C=O) groups excluding carboxylic acids is 2. The summed E-state index contributed by atoms with van der Waals surface area (Å²) in [5, 5.41) is 2.85. The number of anilines is 1. The normalized spacial score (nSPS) is 22.1. The van der Waals surface area contributed by atoms with E-state index >= 15 is 0 Å². The Morgan fingerprint density at radius 1 is 1.31 bits per heavy atom. The smallest absolute Gasteiger partial charge is 0.227 e. The average molecular weight is 362 g/mol. The zero-order valence-corrected chi connectivity index (χ0v) is 14.2. The van der Waals surface area contributed by atoms with Gasteiger partial charge in [0.25, 0.3) is 0 Å². The lowest BCUT2D eigenvalue weighted by Gasteiger charge is -2.28. The molecule has 1 aromatic rings. The van der Waals surface area contributed by atoms with Crippen molar-refractivity contribution < 1.29 is 23.1 Å². The highest BCUT2D eigenvalue weighted by molar-refractivity contribution is 6.00. The van der Waals surface area contributed by atoms with Crippen LogP contribution < -0.4 is 10.2 Å². The summed E-state index contributed by atoms with van der Waals surface area (Å²) in [4.78, 5) is 26.1. The molecule has 0 unspecified atom stereocenters. The quantitative estimate of drug-likeness (QED) is 0.832. The summed E-state index contributed by atoms with van der Waals surface area (Å²) in [6.07, 6.45) is 7.13. The van der Waals surface area contributed by atoms with Crippen LogP contribution in [0.3, 0.4) is 0 Å². The van der Waals surface area contributed by atoms with Gasteiger partial charge in [0.15, 0.2) is 11.6 Å². The molecule has 0 radical (unpaired) electrons. The lowest BCUT2D eigenvalue weighted by Crippen LogP contribution is -2.44. The van der Waals surface area contributed by atoms with Gasteiger partial charge in [-0.1, -0.05) is 5.92 Å². The van der Waals surface area contributed by atoms with Crippen LogP contribution in [0, 0.1) is 35.8 Å². The van der Waals surface area contributed by atoms with Crippen molar-refractivity contribution in [1.29, 1.82) is 0 Å². The minimum Gasteiger partial charge on any atom is -0.381 e. The van der Waals surface area contributed by atoms with Gasteiger partial charge < -0.3 is 15.0 Å². The Kier molecular flexibility index (Phi) is 5.52. The number of rotatable bonds is 4. The molecule has 0 saturated carbocycles. The molecular weight excluding hydrogens is 342 g/mol. The van der Waals surface area contributed by atoms with Crippen molar-refractivity contribution in [3.63, 3.8) is 0 Å². The third-order valence-corrected chi connectivity index (χ3v) is 4.93. The van der Waals surface area contributed by atoms with Crippen LogP contribution in [0.1, 0.15) is 19.3 Å². The highest BCUT2D eigenvalue weighted by Gasteiger charge is 2.36. The first-order valence-corrected chi connectivity index (χ1v) is 8.59. The third kappa shape index (κ3) is 3.86. The number of halogens is 2. The average Bonchev–Trinajstić information content (AvgIpc) is 3.04. The van der Waals surface area contributed by atoms with Gasteiger partial charge >= 0.3 is 0 Å². The molecule has 0 aromatic heterocycles. The summed E-state index contributed by atoms with van der Waals surface area (Å²) in [6.45, 7) is 1.34. The van der Waals surface area contributed by atoms with Gasteiger partial charge in [0.1, 0.15) is 0 Å². The lowest BCUT2D eigenvalue weighted by molar-refractivity contribution is -0.127. The van der Waals surface area contributed by atoms with E-state index in [1.54, 1.807) is 0 Å². The molecule has 2 atom stereocenters. The second kappa shape index (κ2) is 7.83. The summed E-state index contributed by atoms with van der Waals surface area (Å²) in [5.74, 6) is -0.426. The Bertz CT molecular complexity index is 741. The molecule has 2 aliphatic heterocycles. The molecule has 1 aromatic carbocycles. The van der Waals surface area contributed by atoms with E-state index in [1.807, 2.05) is 0 Å². The molecule has 2 fully saturated rings. The molecule has 2 saturated heterocycles. The van der Waals surface area contributed by atoms with E-state index < -0.39 is 23.6 Å². The minimum absolute atomic E-state index is 0.00982. The Morgan fingerprint density at radius 2 is 2.04 bits per heavy atom. The van der Waals surface area contributed by atoms with E-state index in [4.69, 9.17) is 11.2 Å². The fourth-order valence-corrected chi connectivity index (χ4v) is 3.40. The molecule has 138 valence electrons. The van der Waals surface area contributed by atoms with Gasteiger partial charge in [0.2, 0.25) is 11.8 Å². The number of carbonyl (C=O) groups is 2. The zero-order chi connectivity index (χ0) is 18.7. The fourth-order valence-electron chi connectivity index (χ4n) is 3.40. The molecule has 7 heteroatoms. The summed E-state index contributed by atoms with van der Waals surface area (Å²) >= 11 is 0. The molecule has 2 aliphatic rings. The molecule has 26 heavy (non-hydrogen) atoms. The van der Waals surface area contributed by atoms with Crippen LogP contribution in [-0.2, 0) is 14.3 Å². The fraction of sp³-hybridized carbons (Fsp3) is 0.474. The first-order valence-electron chi connectivity index (χ1n) is 8.59. The molecule has 1 N–H and O–H groups in total. The number of nitrogens with zero attached hydrogens (tertiary/aromatic N) is 1. The van der Waals surface area contributed by atoms with Crippen molar-refractivity contribution in [3.8, 4) is 12.3 Å². The van der Waals surface area contributed by atoms with Crippen LogP contribution in [0.15, 0.2) is 18.2 Å². The summed E-state index contributed by atoms with van der Waals surface area (Å²) in [6, 6.07) is 2.84. The highest BCUT2D eigenvalue weighted by atomic mass is 19.2. The molecule has 5 nitrogen and oxygen atoms in total. The van der Waals surface area contributed by atoms with Crippen LogP contribution >= 0.6 is 0 Å². The lowest BCUT2D eigenvalue weighted by atomic mass is 9.91. The minimum atomic E-state index is -1.03. The van der Waals surface area contributed by atoms with E-state index in [0.29, 0.717) is 13.2 Å². The second-order valence-corrected chi connectivity index (χ2v) is 6.61. The Hall–Kier alpha value is -2.46. The zero-order valence-electron chi connectivity index (χ0n) is 14.2.